The van der Waals surface area contributed by atoms with Gasteiger partial charge in [-0.15, -0.1) is 0 Å². The van der Waals surface area contributed by atoms with Crippen molar-refractivity contribution in [1.82, 2.24) is 19.8 Å². The molecular formula is C26H35N5O2. The number of nitrogens with zero attached hydrogens (tertiary/aromatic N) is 5. The summed E-state index contributed by atoms with van der Waals surface area (Å²) in [4.78, 5) is 28.9. The first-order chi connectivity index (χ1) is 16.0. The highest BCUT2D eigenvalue weighted by atomic mass is 16.5. The molecule has 3 aliphatic rings. The average molecular weight is 450 g/mol. The van der Waals surface area contributed by atoms with Crippen molar-refractivity contribution >= 4 is 11.8 Å². The normalized spacial score (nSPS) is 27.9. The van der Waals surface area contributed by atoms with Gasteiger partial charge in [0.25, 0.3) is 0 Å². The Morgan fingerprint density at radius 2 is 1.79 bits per heavy atom. The minimum Gasteiger partial charge on any atom is -0.480 e. The van der Waals surface area contributed by atoms with Gasteiger partial charge in [0.1, 0.15) is 0 Å². The van der Waals surface area contributed by atoms with Crippen LogP contribution in [-0.2, 0) is 5.54 Å². The number of anilines is 1. The molecule has 2 amide bonds. The van der Waals surface area contributed by atoms with Crippen molar-refractivity contribution in [3.63, 3.8) is 0 Å². The fourth-order valence-corrected chi connectivity index (χ4v) is 6.03. The number of hydrogen-bond donors (Lipinski definition) is 0. The van der Waals surface area contributed by atoms with Crippen molar-refractivity contribution in [3.05, 3.63) is 48.3 Å². The van der Waals surface area contributed by atoms with Gasteiger partial charge in [-0.25, -0.2) is 14.8 Å². The molecule has 1 spiro atoms. The second-order valence-electron chi connectivity index (χ2n) is 10.2. The zero-order valence-corrected chi connectivity index (χ0v) is 20.0. The third-order valence-corrected chi connectivity index (χ3v) is 8.43. The Kier molecular flexibility index (Phi) is 5.77. The maximum atomic E-state index is 13.7. The molecule has 1 aromatic carbocycles. The molecule has 0 unspecified atom stereocenters. The third kappa shape index (κ3) is 3.76. The molecule has 2 aromatic rings. The molecule has 7 heteroatoms. The molecule has 1 saturated heterocycles. The van der Waals surface area contributed by atoms with E-state index in [-0.39, 0.29) is 17.1 Å². The molecule has 7 nitrogen and oxygen atoms in total. The summed E-state index contributed by atoms with van der Waals surface area (Å²) in [7, 11) is 5.96. The van der Waals surface area contributed by atoms with Crippen LogP contribution >= 0.6 is 0 Å². The summed E-state index contributed by atoms with van der Waals surface area (Å²) >= 11 is 0. The SMILES string of the molecule is COc1cnc(N2CC3(CCC(c4ccccc4)(N(C)C)CC3)N(CC3CCC3)C2=O)cn1. The van der Waals surface area contributed by atoms with Crippen molar-refractivity contribution in [2.24, 2.45) is 5.92 Å². The van der Waals surface area contributed by atoms with Crippen molar-refractivity contribution in [3.8, 4) is 5.88 Å². The van der Waals surface area contributed by atoms with E-state index in [1.807, 2.05) is 4.90 Å². The topological polar surface area (TPSA) is 61.8 Å². The lowest BCUT2D eigenvalue weighted by atomic mass is 9.68. The lowest BCUT2D eigenvalue weighted by Gasteiger charge is -2.51. The predicted octanol–water partition coefficient (Wildman–Crippen LogP) is 4.30. The molecule has 3 fully saturated rings. The van der Waals surface area contributed by atoms with Crippen LogP contribution < -0.4 is 9.64 Å². The number of carbonyl (C=O) groups excluding carboxylic acids is 1. The van der Waals surface area contributed by atoms with Crippen LogP contribution in [0.1, 0.15) is 50.5 Å². The first kappa shape index (κ1) is 22.1. The molecule has 2 aliphatic carbocycles. The standard InChI is InChI=1S/C26H35N5O2/c1-29(2)26(21-10-5-4-6-11-21)14-12-25(13-15-26)19-30(22-16-28-23(33-3)17-27-22)24(32)31(25)18-20-8-7-9-20/h4-6,10-11,16-17,20H,7-9,12-15,18-19H2,1-3H3. The number of hydrogen-bond acceptors (Lipinski definition) is 5. The molecule has 1 aliphatic heterocycles. The van der Waals surface area contributed by atoms with Crippen LogP contribution in [0.4, 0.5) is 10.6 Å². The average Bonchev–Trinajstić information content (AvgIpc) is 3.08. The van der Waals surface area contributed by atoms with Crippen LogP contribution in [-0.4, -0.2) is 65.6 Å². The highest BCUT2D eigenvalue weighted by Crippen LogP contribution is 2.50. The zero-order valence-electron chi connectivity index (χ0n) is 20.0. The summed E-state index contributed by atoms with van der Waals surface area (Å²) in [6.45, 7) is 1.54. The monoisotopic (exact) mass is 449 g/mol. The highest BCUT2D eigenvalue weighted by Gasteiger charge is 2.55. The van der Waals surface area contributed by atoms with E-state index in [1.54, 1.807) is 19.5 Å². The molecule has 0 atom stereocenters. The molecule has 5 rings (SSSR count). The summed E-state index contributed by atoms with van der Waals surface area (Å²) < 4.78 is 5.16. The Labute approximate surface area is 196 Å². The Morgan fingerprint density at radius 3 is 2.33 bits per heavy atom. The van der Waals surface area contributed by atoms with Gasteiger partial charge in [-0.2, -0.15) is 0 Å². The number of methoxy groups -OCH3 is 1. The van der Waals surface area contributed by atoms with Crippen molar-refractivity contribution in [2.45, 2.75) is 56.0 Å². The second kappa shape index (κ2) is 8.60. The van der Waals surface area contributed by atoms with Crippen LogP contribution in [0.3, 0.4) is 0 Å². The Bertz CT molecular complexity index is 966. The molecule has 2 heterocycles. The van der Waals surface area contributed by atoms with Crippen LogP contribution in [0.5, 0.6) is 5.88 Å². The van der Waals surface area contributed by atoms with Gasteiger partial charge in [-0.3, -0.25) is 9.80 Å². The maximum absolute atomic E-state index is 13.7. The summed E-state index contributed by atoms with van der Waals surface area (Å²) in [6.07, 6.45) is 11.0. The van der Waals surface area contributed by atoms with E-state index in [9.17, 15) is 4.79 Å². The number of aromatic nitrogens is 2. The Morgan fingerprint density at radius 1 is 1.06 bits per heavy atom. The van der Waals surface area contributed by atoms with Crippen LogP contribution in [0.15, 0.2) is 42.7 Å². The Hall–Kier alpha value is -2.67. The quantitative estimate of drug-likeness (QED) is 0.658. The third-order valence-electron chi connectivity index (χ3n) is 8.43. The van der Waals surface area contributed by atoms with Crippen LogP contribution in [0, 0.1) is 5.92 Å². The number of rotatable bonds is 6. The predicted molar refractivity (Wildman–Crippen MR) is 128 cm³/mol. The number of ether oxygens (including phenoxy) is 1. The second-order valence-corrected chi connectivity index (χ2v) is 10.2. The summed E-state index contributed by atoms with van der Waals surface area (Å²) in [5, 5.41) is 0. The smallest absolute Gasteiger partial charge is 0.326 e. The molecule has 0 radical (unpaired) electrons. The van der Waals surface area contributed by atoms with Gasteiger partial charge in [-0.1, -0.05) is 36.8 Å². The van der Waals surface area contributed by atoms with Crippen molar-refractivity contribution < 1.29 is 9.53 Å². The van der Waals surface area contributed by atoms with Gasteiger partial charge in [0.2, 0.25) is 5.88 Å². The molecule has 0 N–H and O–H groups in total. The van der Waals surface area contributed by atoms with E-state index in [0.29, 0.717) is 24.2 Å². The fraction of sp³-hybridized carbons (Fsp3) is 0.577. The van der Waals surface area contributed by atoms with Gasteiger partial charge in [-0.05, 0) is 64.1 Å². The van der Waals surface area contributed by atoms with Gasteiger partial charge in [0.05, 0.1) is 31.6 Å². The minimum absolute atomic E-state index is 0.00500. The van der Waals surface area contributed by atoms with Crippen molar-refractivity contribution in [1.29, 1.82) is 0 Å². The summed E-state index contributed by atoms with van der Waals surface area (Å²) in [6, 6.07) is 10.9. The largest absolute Gasteiger partial charge is 0.480 e. The number of amides is 2. The zero-order chi connectivity index (χ0) is 23.1. The van der Waals surface area contributed by atoms with E-state index in [4.69, 9.17) is 4.74 Å². The van der Waals surface area contributed by atoms with Gasteiger partial charge in [0.15, 0.2) is 5.82 Å². The molecule has 33 heavy (non-hydrogen) atoms. The fourth-order valence-electron chi connectivity index (χ4n) is 6.03. The number of benzene rings is 1. The summed E-state index contributed by atoms with van der Waals surface area (Å²) in [5.41, 5.74) is 1.23. The molecule has 1 aromatic heterocycles. The van der Waals surface area contributed by atoms with Gasteiger partial charge < -0.3 is 9.64 Å². The molecule has 0 bridgehead atoms. The first-order valence-electron chi connectivity index (χ1n) is 12.2. The number of carbonyl (C=O) groups is 1. The van der Waals surface area contributed by atoms with E-state index in [0.717, 1.165) is 32.2 Å². The highest BCUT2D eigenvalue weighted by molar-refractivity contribution is 5.94. The summed E-state index contributed by atoms with van der Waals surface area (Å²) in [5.74, 6) is 1.70. The lowest BCUT2D eigenvalue weighted by molar-refractivity contribution is 0.0172. The Balaban J connectivity index is 1.44. The van der Waals surface area contributed by atoms with E-state index in [1.165, 1.54) is 24.8 Å². The van der Waals surface area contributed by atoms with Crippen LogP contribution in [0.25, 0.3) is 0 Å². The van der Waals surface area contributed by atoms with Crippen molar-refractivity contribution in [2.75, 3.05) is 39.2 Å². The number of urea groups is 1. The van der Waals surface area contributed by atoms with Gasteiger partial charge in [0, 0.05) is 12.1 Å². The first-order valence-corrected chi connectivity index (χ1v) is 12.2. The molecule has 2 saturated carbocycles. The molecule has 176 valence electrons. The van der Waals surface area contributed by atoms with E-state index >= 15 is 0 Å². The minimum atomic E-state index is -0.150. The van der Waals surface area contributed by atoms with E-state index < -0.39 is 0 Å². The molecular weight excluding hydrogens is 414 g/mol. The van der Waals surface area contributed by atoms with Gasteiger partial charge >= 0.3 is 6.03 Å². The lowest BCUT2D eigenvalue weighted by Crippen LogP contribution is -2.56. The maximum Gasteiger partial charge on any atom is 0.326 e. The van der Waals surface area contributed by atoms with Crippen LogP contribution in [0.2, 0.25) is 0 Å². The van der Waals surface area contributed by atoms with E-state index in [2.05, 4.69) is 64.2 Å².